The van der Waals surface area contributed by atoms with E-state index < -0.39 is 23.1 Å². The molecule has 1 aromatic heterocycles. The van der Waals surface area contributed by atoms with Gasteiger partial charge >= 0.3 is 12.1 Å². The molecule has 6 heteroatoms. The highest BCUT2D eigenvalue weighted by Gasteiger charge is 2.34. The monoisotopic (exact) mass is 288 g/mol. The van der Waals surface area contributed by atoms with Crippen molar-refractivity contribution in [2.45, 2.75) is 25.4 Å². The van der Waals surface area contributed by atoms with Crippen LogP contribution < -0.4 is 0 Å². The number of carboxylic acids is 1. The quantitative estimate of drug-likeness (QED) is 0.895. The minimum absolute atomic E-state index is 0.354. The molecule has 1 N–H and O–H groups in total. The number of halogens is 3. The van der Waals surface area contributed by atoms with Gasteiger partial charge in [-0.1, -0.05) is 0 Å². The predicted octanol–water partition coefficient (Wildman–Crippen LogP) is 4.28. The number of thiophene rings is 1. The van der Waals surface area contributed by atoms with Crippen LogP contribution in [0.1, 0.15) is 25.0 Å². The van der Waals surface area contributed by atoms with Crippen LogP contribution in [0.2, 0.25) is 0 Å². The number of rotatable bonds is 2. The van der Waals surface area contributed by atoms with Crippen LogP contribution in [0.5, 0.6) is 0 Å². The first-order valence-electron chi connectivity index (χ1n) is 5.46. The molecule has 0 aliphatic rings. The van der Waals surface area contributed by atoms with Crippen molar-refractivity contribution < 1.29 is 23.1 Å². The number of benzene rings is 1. The van der Waals surface area contributed by atoms with Crippen molar-refractivity contribution in [2.75, 3.05) is 0 Å². The number of carboxylic acid groups (broad SMARTS) is 1. The van der Waals surface area contributed by atoms with Crippen molar-refractivity contribution in [3.8, 4) is 0 Å². The van der Waals surface area contributed by atoms with Crippen molar-refractivity contribution in [2.24, 2.45) is 0 Å². The summed E-state index contributed by atoms with van der Waals surface area (Å²) in [6.45, 7) is 2.97. The Morgan fingerprint density at radius 2 is 1.89 bits per heavy atom. The first-order valence-corrected chi connectivity index (χ1v) is 6.34. The van der Waals surface area contributed by atoms with Gasteiger partial charge in [-0.3, -0.25) is 4.79 Å². The summed E-state index contributed by atoms with van der Waals surface area (Å²) < 4.78 is 38.7. The van der Waals surface area contributed by atoms with E-state index in [1.165, 1.54) is 31.3 Å². The van der Waals surface area contributed by atoms with Crippen LogP contribution in [-0.2, 0) is 16.4 Å². The van der Waals surface area contributed by atoms with Crippen LogP contribution >= 0.6 is 11.3 Å². The molecule has 102 valence electrons. The predicted molar refractivity (Wildman–Crippen MR) is 67.5 cm³/mol. The van der Waals surface area contributed by atoms with Crippen molar-refractivity contribution in [1.82, 2.24) is 0 Å². The number of fused-ring (bicyclic) bond motifs is 1. The third-order valence-corrected chi connectivity index (χ3v) is 4.07. The summed E-state index contributed by atoms with van der Waals surface area (Å²) in [6.07, 6.45) is -4.43. The Balaban J connectivity index is 2.68. The minimum atomic E-state index is -4.43. The van der Waals surface area contributed by atoms with Crippen molar-refractivity contribution in [1.29, 1.82) is 0 Å². The first kappa shape index (κ1) is 13.9. The number of aliphatic carboxylic acids is 1. The number of carbonyl (C=O) groups is 1. The molecular formula is C13H11F3O2S. The van der Waals surface area contributed by atoms with Crippen molar-refractivity contribution in [3.05, 3.63) is 34.7 Å². The second kappa shape index (κ2) is 4.23. The highest BCUT2D eigenvalue weighted by molar-refractivity contribution is 7.17. The molecule has 0 bridgehead atoms. The number of alkyl halides is 3. The maximum atomic E-state index is 12.7. The maximum absolute atomic E-state index is 12.7. The molecule has 1 heterocycles. The van der Waals surface area contributed by atoms with Crippen LogP contribution in [-0.4, -0.2) is 11.1 Å². The average Bonchev–Trinajstić information content (AvgIpc) is 2.70. The first-order chi connectivity index (χ1) is 8.64. The molecule has 0 spiro atoms. The normalized spacial score (nSPS) is 12.9. The summed E-state index contributed by atoms with van der Waals surface area (Å²) in [7, 11) is 0. The second-order valence-electron chi connectivity index (χ2n) is 4.79. The van der Waals surface area contributed by atoms with E-state index in [9.17, 15) is 23.1 Å². The second-order valence-corrected chi connectivity index (χ2v) is 5.70. The lowest BCUT2D eigenvalue weighted by molar-refractivity contribution is -0.142. The van der Waals surface area contributed by atoms with Crippen molar-refractivity contribution in [3.63, 3.8) is 0 Å². The Morgan fingerprint density at radius 1 is 1.26 bits per heavy atom. The Hall–Kier alpha value is -1.56. The van der Waals surface area contributed by atoms with Crippen LogP contribution in [0.25, 0.3) is 10.1 Å². The van der Waals surface area contributed by atoms with E-state index in [-0.39, 0.29) is 0 Å². The van der Waals surface area contributed by atoms with Gasteiger partial charge in [0.2, 0.25) is 0 Å². The third kappa shape index (κ3) is 2.32. The fourth-order valence-corrected chi connectivity index (χ4v) is 2.91. The van der Waals surface area contributed by atoms with Crippen LogP contribution in [0.15, 0.2) is 23.6 Å². The highest BCUT2D eigenvalue weighted by Crippen LogP contribution is 2.38. The topological polar surface area (TPSA) is 37.3 Å². The van der Waals surface area contributed by atoms with Gasteiger partial charge in [0.15, 0.2) is 0 Å². The van der Waals surface area contributed by atoms with Gasteiger partial charge in [-0.25, -0.2) is 0 Å². The van der Waals surface area contributed by atoms with Gasteiger partial charge in [0.25, 0.3) is 0 Å². The van der Waals surface area contributed by atoms with E-state index in [2.05, 4.69) is 0 Å². The van der Waals surface area contributed by atoms with Crippen LogP contribution in [0.4, 0.5) is 13.2 Å². The Morgan fingerprint density at radius 3 is 2.42 bits per heavy atom. The van der Waals surface area contributed by atoms with E-state index in [1.807, 2.05) is 0 Å². The van der Waals surface area contributed by atoms with E-state index in [1.54, 1.807) is 5.38 Å². The van der Waals surface area contributed by atoms with E-state index in [0.717, 1.165) is 12.1 Å². The van der Waals surface area contributed by atoms with Gasteiger partial charge in [0, 0.05) is 4.70 Å². The zero-order valence-corrected chi connectivity index (χ0v) is 11.0. The molecule has 0 unspecified atom stereocenters. The SMILES string of the molecule is CC(C)(C(=O)O)c1csc2ccc(C(F)(F)F)cc12. The Labute approximate surface area is 111 Å². The van der Waals surface area contributed by atoms with Gasteiger partial charge < -0.3 is 5.11 Å². The highest BCUT2D eigenvalue weighted by atomic mass is 32.1. The zero-order valence-electron chi connectivity index (χ0n) is 10.2. The molecule has 1 aromatic carbocycles. The van der Waals surface area contributed by atoms with Gasteiger partial charge in [-0.2, -0.15) is 13.2 Å². The van der Waals surface area contributed by atoms with Crippen LogP contribution in [0.3, 0.4) is 0 Å². The molecule has 0 aliphatic heterocycles. The Bertz CT molecular complexity index is 641. The lowest BCUT2D eigenvalue weighted by Crippen LogP contribution is -2.28. The molecule has 2 nitrogen and oxygen atoms in total. The lowest BCUT2D eigenvalue weighted by Gasteiger charge is -2.19. The summed E-state index contributed by atoms with van der Waals surface area (Å²) in [6, 6.07) is 3.41. The molecule has 0 amide bonds. The Kier molecular flexibility index (Phi) is 3.09. The smallest absolute Gasteiger partial charge is 0.416 e. The molecule has 0 aliphatic carbocycles. The molecule has 0 saturated heterocycles. The molecule has 0 saturated carbocycles. The molecule has 19 heavy (non-hydrogen) atoms. The standard InChI is InChI=1S/C13H11F3O2S/c1-12(2,11(17)18)9-6-19-10-4-3-7(5-8(9)10)13(14,15)16/h3-6H,1-2H3,(H,17,18). The molecule has 0 atom stereocenters. The molecule has 2 rings (SSSR count). The summed E-state index contributed by atoms with van der Waals surface area (Å²) in [4.78, 5) is 11.2. The summed E-state index contributed by atoms with van der Waals surface area (Å²) >= 11 is 1.25. The van der Waals surface area contributed by atoms with Gasteiger partial charge in [-0.05, 0) is 48.4 Å². The van der Waals surface area contributed by atoms with E-state index in [4.69, 9.17) is 0 Å². The minimum Gasteiger partial charge on any atom is -0.481 e. The summed E-state index contributed by atoms with van der Waals surface area (Å²) in [5.41, 5.74) is -1.57. The lowest BCUT2D eigenvalue weighted by atomic mass is 9.84. The molecular weight excluding hydrogens is 277 g/mol. The third-order valence-electron chi connectivity index (χ3n) is 3.11. The van der Waals surface area contributed by atoms with Crippen LogP contribution in [0, 0.1) is 0 Å². The van der Waals surface area contributed by atoms with Gasteiger partial charge in [0.05, 0.1) is 11.0 Å². The molecule has 0 radical (unpaired) electrons. The van der Waals surface area contributed by atoms with E-state index in [0.29, 0.717) is 15.6 Å². The fourth-order valence-electron chi connectivity index (χ4n) is 1.80. The summed E-state index contributed by atoms with van der Waals surface area (Å²) in [5.74, 6) is -1.07. The largest absolute Gasteiger partial charge is 0.481 e. The maximum Gasteiger partial charge on any atom is 0.416 e. The zero-order chi connectivity index (χ0) is 14.4. The molecule has 0 fully saturated rings. The van der Waals surface area contributed by atoms with Gasteiger partial charge in [-0.15, -0.1) is 11.3 Å². The molecule has 2 aromatic rings. The number of hydrogen-bond acceptors (Lipinski definition) is 2. The van der Waals surface area contributed by atoms with E-state index >= 15 is 0 Å². The van der Waals surface area contributed by atoms with Crippen molar-refractivity contribution >= 4 is 27.4 Å². The fraction of sp³-hybridized carbons (Fsp3) is 0.308. The van der Waals surface area contributed by atoms with Gasteiger partial charge in [0.1, 0.15) is 0 Å². The number of hydrogen-bond donors (Lipinski definition) is 1. The average molecular weight is 288 g/mol. The summed E-state index contributed by atoms with van der Waals surface area (Å²) in [5, 5.41) is 11.1.